The largest absolute Gasteiger partial charge is 0.372 e. The third-order valence-corrected chi connectivity index (χ3v) is 5.63. The number of hydrogen-bond acceptors (Lipinski definition) is 5. The van der Waals surface area contributed by atoms with Crippen molar-refractivity contribution >= 4 is 29.0 Å². The number of piperazine rings is 1. The van der Waals surface area contributed by atoms with Gasteiger partial charge in [-0.3, -0.25) is 9.59 Å². The molecule has 1 N–H and O–H groups in total. The highest BCUT2D eigenvalue weighted by Crippen LogP contribution is 2.24. The number of amides is 2. The second-order valence-corrected chi connectivity index (χ2v) is 7.59. The molecule has 0 aliphatic carbocycles. The Morgan fingerprint density at radius 1 is 0.897 bits per heavy atom. The summed E-state index contributed by atoms with van der Waals surface area (Å²) in [5, 5.41) is 3.29. The molecule has 2 fully saturated rings. The lowest BCUT2D eigenvalue weighted by atomic mass is 10.2. The minimum absolute atomic E-state index is 0.0250. The number of carbonyl (C=O) groups is 2. The second kappa shape index (κ2) is 8.51. The van der Waals surface area contributed by atoms with Crippen LogP contribution in [0.15, 0.2) is 42.6 Å². The lowest BCUT2D eigenvalue weighted by molar-refractivity contribution is -0.130. The van der Waals surface area contributed by atoms with Crippen LogP contribution in [-0.2, 0) is 4.79 Å². The number of pyridine rings is 1. The van der Waals surface area contributed by atoms with Crippen LogP contribution in [0.5, 0.6) is 0 Å². The standard InChI is InChI=1S/C22H27N5O2/c1-17(28)25-12-14-27(15-13-25)22(29)18-8-9-23-21(16-18)24-19-4-6-20(7-5-19)26-10-2-3-11-26/h4-9,16H,2-3,10-15H2,1H3,(H,23,24). The highest BCUT2D eigenvalue weighted by atomic mass is 16.2. The van der Waals surface area contributed by atoms with Crippen molar-refractivity contribution in [3.8, 4) is 0 Å². The number of benzene rings is 1. The molecular formula is C22H27N5O2. The predicted molar refractivity (Wildman–Crippen MR) is 114 cm³/mol. The predicted octanol–water partition coefficient (Wildman–Crippen LogP) is 2.73. The summed E-state index contributed by atoms with van der Waals surface area (Å²) in [6.45, 7) is 6.10. The van der Waals surface area contributed by atoms with Crippen molar-refractivity contribution in [3.05, 3.63) is 48.2 Å². The van der Waals surface area contributed by atoms with Crippen molar-refractivity contribution in [2.75, 3.05) is 49.5 Å². The van der Waals surface area contributed by atoms with Crippen molar-refractivity contribution in [1.29, 1.82) is 0 Å². The van der Waals surface area contributed by atoms with Crippen LogP contribution in [-0.4, -0.2) is 65.9 Å². The van der Waals surface area contributed by atoms with Crippen LogP contribution in [0.3, 0.4) is 0 Å². The van der Waals surface area contributed by atoms with Crippen LogP contribution in [0.2, 0.25) is 0 Å². The van der Waals surface area contributed by atoms with Gasteiger partial charge in [0.1, 0.15) is 5.82 Å². The molecule has 152 valence electrons. The monoisotopic (exact) mass is 393 g/mol. The first-order chi connectivity index (χ1) is 14.1. The number of carbonyl (C=O) groups excluding carboxylic acids is 2. The third kappa shape index (κ3) is 4.50. The Kier molecular flexibility index (Phi) is 5.64. The third-order valence-electron chi connectivity index (χ3n) is 5.63. The molecule has 0 unspecified atom stereocenters. The van der Waals surface area contributed by atoms with Gasteiger partial charge in [-0.25, -0.2) is 4.98 Å². The van der Waals surface area contributed by atoms with Gasteiger partial charge in [0.2, 0.25) is 5.91 Å². The maximum atomic E-state index is 12.8. The Labute approximate surface area is 171 Å². The Bertz CT molecular complexity index is 869. The van der Waals surface area contributed by atoms with Gasteiger partial charge >= 0.3 is 0 Å². The molecule has 4 rings (SSSR count). The molecule has 2 aliphatic rings. The summed E-state index contributed by atoms with van der Waals surface area (Å²) in [4.78, 5) is 34.6. The first-order valence-electron chi connectivity index (χ1n) is 10.2. The summed E-state index contributed by atoms with van der Waals surface area (Å²) in [6.07, 6.45) is 4.17. The highest BCUT2D eigenvalue weighted by Gasteiger charge is 2.23. The van der Waals surface area contributed by atoms with E-state index in [1.807, 2.05) is 12.1 Å². The topological polar surface area (TPSA) is 68.8 Å². The molecule has 0 spiro atoms. The van der Waals surface area contributed by atoms with Crippen LogP contribution in [0.1, 0.15) is 30.1 Å². The summed E-state index contributed by atoms with van der Waals surface area (Å²) >= 11 is 0. The van der Waals surface area contributed by atoms with Crippen molar-refractivity contribution in [2.45, 2.75) is 19.8 Å². The summed E-state index contributed by atoms with van der Waals surface area (Å²) in [7, 11) is 0. The molecule has 2 aromatic rings. The van der Waals surface area contributed by atoms with Gasteiger partial charge in [0.15, 0.2) is 0 Å². The Balaban J connectivity index is 1.39. The molecule has 2 saturated heterocycles. The molecule has 1 aromatic carbocycles. The lowest BCUT2D eigenvalue weighted by Gasteiger charge is -2.34. The molecule has 0 bridgehead atoms. The average molecular weight is 393 g/mol. The smallest absolute Gasteiger partial charge is 0.254 e. The summed E-state index contributed by atoms with van der Waals surface area (Å²) in [5.41, 5.74) is 2.79. The fourth-order valence-corrected chi connectivity index (χ4v) is 3.92. The normalized spacial score (nSPS) is 16.8. The molecule has 3 heterocycles. The molecule has 0 saturated carbocycles. The van der Waals surface area contributed by atoms with Gasteiger partial charge in [0, 0.05) is 69.3 Å². The fourth-order valence-electron chi connectivity index (χ4n) is 3.92. The van der Waals surface area contributed by atoms with E-state index in [9.17, 15) is 9.59 Å². The number of rotatable bonds is 4. The lowest BCUT2D eigenvalue weighted by Crippen LogP contribution is -2.50. The SMILES string of the molecule is CC(=O)N1CCN(C(=O)c2ccnc(Nc3ccc(N4CCCC4)cc3)c2)CC1. The van der Waals surface area contributed by atoms with Gasteiger partial charge < -0.3 is 20.0 Å². The van der Waals surface area contributed by atoms with E-state index in [1.54, 1.807) is 35.1 Å². The van der Waals surface area contributed by atoms with Crippen LogP contribution in [0.4, 0.5) is 17.2 Å². The van der Waals surface area contributed by atoms with Gasteiger partial charge in [-0.15, -0.1) is 0 Å². The maximum Gasteiger partial charge on any atom is 0.254 e. The van der Waals surface area contributed by atoms with Gasteiger partial charge in [0.25, 0.3) is 5.91 Å². The van der Waals surface area contributed by atoms with Gasteiger partial charge in [-0.05, 0) is 49.2 Å². The van der Waals surface area contributed by atoms with Crippen LogP contribution < -0.4 is 10.2 Å². The molecular weight excluding hydrogens is 366 g/mol. The molecule has 7 heteroatoms. The minimum Gasteiger partial charge on any atom is -0.372 e. The minimum atomic E-state index is -0.0250. The van der Waals surface area contributed by atoms with Crippen LogP contribution in [0.25, 0.3) is 0 Å². The van der Waals surface area contributed by atoms with Gasteiger partial charge in [-0.2, -0.15) is 0 Å². The van der Waals surface area contributed by atoms with E-state index in [-0.39, 0.29) is 11.8 Å². The maximum absolute atomic E-state index is 12.8. The van der Waals surface area contributed by atoms with Crippen molar-refractivity contribution in [3.63, 3.8) is 0 Å². The number of anilines is 3. The van der Waals surface area contributed by atoms with E-state index in [0.29, 0.717) is 37.6 Å². The first-order valence-corrected chi connectivity index (χ1v) is 10.2. The quantitative estimate of drug-likeness (QED) is 0.865. The molecule has 2 amide bonds. The van der Waals surface area contributed by atoms with Gasteiger partial charge in [-0.1, -0.05) is 0 Å². The van der Waals surface area contributed by atoms with E-state index >= 15 is 0 Å². The summed E-state index contributed by atoms with van der Waals surface area (Å²) in [5.74, 6) is 0.679. The number of aromatic nitrogens is 1. The first kappa shape index (κ1) is 19.2. The van der Waals surface area contributed by atoms with Crippen molar-refractivity contribution in [1.82, 2.24) is 14.8 Å². The van der Waals surface area contributed by atoms with Crippen LogP contribution >= 0.6 is 0 Å². The Morgan fingerprint density at radius 2 is 1.55 bits per heavy atom. The Hall–Kier alpha value is -3.09. The Morgan fingerprint density at radius 3 is 2.21 bits per heavy atom. The number of hydrogen-bond donors (Lipinski definition) is 1. The fraction of sp³-hybridized carbons (Fsp3) is 0.409. The molecule has 7 nitrogen and oxygen atoms in total. The van der Waals surface area contributed by atoms with E-state index in [2.05, 4.69) is 27.3 Å². The van der Waals surface area contributed by atoms with Crippen molar-refractivity contribution in [2.24, 2.45) is 0 Å². The van der Waals surface area contributed by atoms with E-state index in [4.69, 9.17) is 0 Å². The van der Waals surface area contributed by atoms with E-state index in [0.717, 1.165) is 18.8 Å². The summed E-state index contributed by atoms with van der Waals surface area (Å²) < 4.78 is 0. The molecule has 0 radical (unpaired) electrons. The molecule has 29 heavy (non-hydrogen) atoms. The van der Waals surface area contributed by atoms with E-state index < -0.39 is 0 Å². The molecule has 1 aromatic heterocycles. The van der Waals surface area contributed by atoms with Crippen molar-refractivity contribution < 1.29 is 9.59 Å². The second-order valence-electron chi connectivity index (χ2n) is 7.59. The zero-order valence-electron chi connectivity index (χ0n) is 16.8. The zero-order valence-corrected chi connectivity index (χ0v) is 16.8. The van der Waals surface area contributed by atoms with E-state index in [1.165, 1.54) is 18.5 Å². The van der Waals surface area contributed by atoms with Crippen LogP contribution in [0, 0.1) is 0 Å². The zero-order chi connectivity index (χ0) is 20.2. The molecule has 2 aliphatic heterocycles. The summed E-state index contributed by atoms with van der Waals surface area (Å²) in [6, 6.07) is 11.9. The highest BCUT2D eigenvalue weighted by molar-refractivity contribution is 5.95. The number of nitrogens with one attached hydrogen (secondary N) is 1. The molecule has 0 atom stereocenters. The van der Waals surface area contributed by atoms with Gasteiger partial charge in [0.05, 0.1) is 0 Å². The number of nitrogens with zero attached hydrogens (tertiary/aromatic N) is 4. The average Bonchev–Trinajstić information content (AvgIpc) is 3.29.